The lowest BCUT2D eigenvalue weighted by molar-refractivity contribution is -0.116. The molecule has 3 rings (SSSR count). The summed E-state index contributed by atoms with van der Waals surface area (Å²) in [4.78, 5) is 26.1. The number of carbonyl (C=O) groups is 2. The molecular weight excluding hydrogens is 332 g/mol. The molecular formula is C20H22N2O2S. The van der Waals surface area contributed by atoms with Crippen molar-refractivity contribution in [3.63, 3.8) is 0 Å². The van der Waals surface area contributed by atoms with Gasteiger partial charge in [0.25, 0.3) is 0 Å². The van der Waals surface area contributed by atoms with Crippen LogP contribution in [0, 0.1) is 0 Å². The minimum absolute atomic E-state index is 0.0134. The van der Waals surface area contributed by atoms with Crippen LogP contribution in [-0.2, 0) is 16.0 Å². The fraction of sp³-hybridized carbons (Fsp3) is 0.300. The molecule has 1 N–H and O–H groups in total. The molecule has 0 bridgehead atoms. The van der Waals surface area contributed by atoms with Crippen LogP contribution >= 0.6 is 11.8 Å². The number of para-hydroxylation sites is 1. The Balaban J connectivity index is 1.94. The molecule has 1 saturated heterocycles. The van der Waals surface area contributed by atoms with Crippen LogP contribution < -0.4 is 10.2 Å². The molecule has 2 aromatic rings. The number of hydrogen-bond acceptors (Lipinski definition) is 3. The van der Waals surface area contributed by atoms with Crippen LogP contribution in [0.25, 0.3) is 0 Å². The normalized spacial score (nSPS) is 17.0. The second kappa shape index (κ2) is 7.74. The average Bonchev–Trinajstić information content (AvgIpc) is 3.03. The van der Waals surface area contributed by atoms with Crippen molar-refractivity contribution in [1.29, 1.82) is 0 Å². The van der Waals surface area contributed by atoms with Gasteiger partial charge in [-0.15, -0.1) is 11.8 Å². The van der Waals surface area contributed by atoms with E-state index in [-0.39, 0.29) is 17.2 Å². The van der Waals surface area contributed by atoms with Gasteiger partial charge in [0.2, 0.25) is 11.8 Å². The molecule has 1 aliphatic rings. The van der Waals surface area contributed by atoms with Crippen molar-refractivity contribution in [2.75, 3.05) is 16.0 Å². The summed E-state index contributed by atoms with van der Waals surface area (Å²) in [5.74, 6) is 0.577. The number of amides is 2. The van der Waals surface area contributed by atoms with Crippen molar-refractivity contribution in [2.45, 2.75) is 32.1 Å². The van der Waals surface area contributed by atoms with Crippen LogP contribution in [0.5, 0.6) is 0 Å². The molecule has 130 valence electrons. The number of nitrogens with one attached hydrogen (secondary N) is 1. The molecule has 0 aliphatic carbocycles. The van der Waals surface area contributed by atoms with Crippen LogP contribution in [0.1, 0.15) is 36.8 Å². The second-order valence-corrected chi connectivity index (χ2v) is 7.01. The van der Waals surface area contributed by atoms with Gasteiger partial charge in [-0.05, 0) is 35.7 Å². The van der Waals surface area contributed by atoms with E-state index in [1.807, 2.05) is 54.3 Å². The highest BCUT2D eigenvalue weighted by atomic mass is 32.2. The van der Waals surface area contributed by atoms with Crippen molar-refractivity contribution in [2.24, 2.45) is 0 Å². The lowest BCUT2D eigenvalue weighted by Crippen LogP contribution is -2.28. The summed E-state index contributed by atoms with van der Waals surface area (Å²) in [6, 6.07) is 15.8. The third-order valence-electron chi connectivity index (χ3n) is 4.28. The molecule has 2 aromatic carbocycles. The first-order valence-corrected chi connectivity index (χ1v) is 9.60. The van der Waals surface area contributed by atoms with Gasteiger partial charge in [-0.1, -0.05) is 44.2 Å². The molecule has 2 amide bonds. The highest BCUT2D eigenvalue weighted by molar-refractivity contribution is 8.00. The standard InChI is InChI=1S/C20H22N2O2S/c1-3-14-8-5-6-11-17(14)22-19(24)13-25-20(22)15-9-7-10-16(12-15)21-18(23)4-2/h5-12,20H,3-4,13H2,1-2H3,(H,21,23)/t20-/m0/s1. The number of carbonyl (C=O) groups excluding carboxylic acids is 2. The third-order valence-corrected chi connectivity index (χ3v) is 5.49. The van der Waals surface area contributed by atoms with Gasteiger partial charge in [-0.2, -0.15) is 0 Å². The van der Waals surface area contributed by atoms with Crippen molar-refractivity contribution in [3.05, 3.63) is 59.7 Å². The van der Waals surface area contributed by atoms with Crippen LogP contribution in [0.4, 0.5) is 11.4 Å². The van der Waals surface area contributed by atoms with Gasteiger partial charge < -0.3 is 5.32 Å². The predicted molar refractivity (Wildman–Crippen MR) is 104 cm³/mol. The largest absolute Gasteiger partial charge is 0.326 e. The smallest absolute Gasteiger partial charge is 0.238 e. The molecule has 1 atom stereocenters. The maximum absolute atomic E-state index is 12.6. The molecule has 0 unspecified atom stereocenters. The lowest BCUT2D eigenvalue weighted by Gasteiger charge is -2.26. The predicted octanol–water partition coefficient (Wildman–Crippen LogP) is 4.38. The summed E-state index contributed by atoms with van der Waals surface area (Å²) >= 11 is 1.62. The van der Waals surface area contributed by atoms with Gasteiger partial charge >= 0.3 is 0 Å². The zero-order valence-corrected chi connectivity index (χ0v) is 15.3. The Labute approximate surface area is 152 Å². The average molecular weight is 354 g/mol. The van der Waals surface area contributed by atoms with E-state index in [0.29, 0.717) is 12.2 Å². The van der Waals surface area contributed by atoms with E-state index in [0.717, 1.165) is 23.4 Å². The maximum atomic E-state index is 12.6. The minimum atomic E-state index is -0.0707. The molecule has 5 heteroatoms. The zero-order chi connectivity index (χ0) is 17.8. The number of aryl methyl sites for hydroxylation is 1. The summed E-state index contributed by atoms with van der Waals surface area (Å²) < 4.78 is 0. The number of hydrogen-bond donors (Lipinski definition) is 1. The summed E-state index contributed by atoms with van der Waals surface area (Å²) in [6.07, 6.45) is 1.32. The number of thioether (sulfide) groups is 1. The molecule has 1 heterocycles. The highest BCUT2D eigenvalue weighted by Crippen LogP contribution is 2.43. The molecule has 0 saturated carbocycles. The monoisotopic (exact) mass is 354 g/mol. The number of nitrogens with zero attached hydrogens (tertiary/aromatic N) is 1. The van der Waals surface area contributed by atoms with Gasteiger partial charge in [0.05, 0.1) is 5.75 Å². The van der Waals surface area contributed by atoms with Crippen molar-refractivity contribution in [1.82, 2.24) is 0 Å². The Bertz CT molecular complexity index is 791. The van der Waals surface area contributed by atoms with E-state index in [1.165, 1.54) is 5.56 Å². The SMILES string of the molecule is CCC(=O)Nc1cccc([C@@H]2SCC(=O)N2c2ccccc2CC)c1. The van der Waals surface area contributed by atoms with Gasteiger partial charge in [-0.3, -0.25) is 14.5 Å². The van der Waals surface area contributed by atoms with Crippen LogP contribution in [0.3, 0.4) is 0 Å². The van der Waals surface area contributed by atoms with Crippen molar-refractivity contribution >= 4 is 35.0 Å². The van der Waals surface area contributed by atoms with Crippen LogP contribution in [-0.4, -0.2) is 17.6 Å². The minimum Gasteiger partial charge on any atom is -0.326 e. The van der Waals surface area contributed by atoms with Crippen LogP contribution in [0.15, 0.2) is 48.5 Å². The van der Waals surface area contributed by atoms with Crippen molar-refractivity contribution < 1.29 is 9.59 Å². The first-order valence-electron chi connectivity index (χ1n) is 8.55. The number of rotatable bonds is 5. The molecule has 4 nitrogen and oxygen atoms in total. The highest BCUT2D eigenvalue weighted by Gasteiger charge is 2.35. The fourth-order valence-electron chi connectivity index (χ4n) is 3.00. The summed E-state index contributed by atoms with van der Waals surface area (Å²) in [6.45, 7) is 3.93. The van der Waals surface area contributed by atoms with E-state index in [1.54, 1.807) is 11.8 Å². The topological polar surface area (TPSA) is 49.4 Å². The third kappa shape index (κ3) is 3.71. The Morgan fingerprint density at radius 2 is 2.00 bits per heavy atom. The lowest BCUT2D eigenvalue weighted by atomic mass is 10.1. The summed E-state index contributed by atoms with van der Waals surface area (Å²) in [5.41, 5.74) is 3.94. The van der Waals surface area contributed by atoms with Gasteiger partial charge in [0.1, 0.15) is 5.37 Å². The Morgan fingerprint density at radius 1 is 1.20 bits per heavy atom. The molecule has 0 spiro atoms. The summed E-state index contributed by atoms with van der Waals surface area (Å²) in [5, 5.41) is 2.82. The van der Waals surface area contributed by atoms with Gasteiger partial charge in [-0.25, -0.2) is 0 Å². The zero-order valence-electron chi connectivity index (χ0n) is 14.5. The van der Waals surface area contributed by atoms with E-state index in [9.17, 15) is 9.59 Å². The van der Waals surface area contributed by atoms with E-state index in [2.05, 4.69) is 18.3 Å². The first kappa shape index (κ1) is 17.5. The molecule has 0 aromatic heterocycles. The quantitative estimate of drug-likeness (QED) is 0.867. The van der Waals surface area contributed by atoms with Crippen LogP contribution in [0.2, 0.25) is 0 Å². The maximum Gasteiger partial charge on any atom is 0.238 e. The van der Waals surface area contributed by atoms with E-state index in [4.69, 9.17) is 0 Å². The van der Waals surface area contributed by atoms with E-state index >= 15 is 0 Å². The Kier molecular flexibility index (Phi) is 5.43. The number of benzene rings is 2. The fourth-order valence-corrected chi connectivity index (χ4v) is 4.15. The Morgan fingerprint density at radius 3 is 2.76 bits per heavy atom. The van der Waals surface area contributed by atoms with Gasteiger partial charge in [0, 0.05) is 17.8 Å². The molecule has 1 fully saturated rings. The van der Waals surface area contributed by atoms with E-state index < -0.39 is 0 Å². The van der Waals surface area contributed by atoms with Gasteiger partial charge in [0.15, 0.2) is 0 Å². The first-order chi connectivity index (χ1) is 12.1. The Hall–Kier alpha value is -2.27. The molecule has 1 aliphatic heterocycles. The summed E-state index contributed by atoms with van der Waals surface area (Å²) in [7, 11) is 0. The van der Waals surface area contributed by atoms with Crippen molar-refractivity contribution in [3.8, 4) is 0 Å². The molecule has 25 heavy (non-hydrogen) atoms. The number of anilines is 2. The second-order valence-electron chi connectivity index (χ2n) is 5.94. The molecule has 0 radical (unpaired) electrons.